The van der Waals surface area contributed by atoms with Crippen molar-refractivity contribution < 1.29 is 8.42 Å². The zero-order valence-electron chi connectivity index (χ0n) is 11.1. The molecule has 114 valence electrons. The summed E-state index contributed by atoms with van der Waals surface area (Å²) in [7, 11) is -3.56. The van der Waals surface area contributed by atoms with Crippen molar-refractivity contribution in [3.63, 3.8) is 0 Å². The second-order valence-corrected chi connectivity index (χ2v) is 8.50. The minimum Gasteiger partial charge on any atom is -0.317 e. The number of piperidine rings is 1. The van der Waals surface area contributed by atoms with Crippen LogP contribution in [0.2, 0.25) is 0 Å². The van der Waals surface area contributed by atoms with E-state index in [1.54, 1.807) is 23.8 Å². The number of aromatic nitrogens is 2. The summed E-state index contributed by atoms with van der Waals surface area (Å²) in [6, 6.07) is 2.05. The van der Waals surface area contributed by atoms with Crippen LogP contribution in [0.25, 0.3) is 0 Å². The van der Waals surface area contributed by atoms with Crippen molar-refractivity contribution in [1.82, 2.24) is 15.1 Å². The van der Waals surface area contributed by atoms with Gasteiger partial charge in [0, 0.05) is 10.7 Å². The molecule has 3 rings (SSSR count). The van der Waals surface area contributed by atoms with Crippen LogP contribution in [0, 0.1) is 0 Å². The molecule has 3 heterocycles. The SMILES string of the molecule is O=S(=O)(Nc1cnn(C2CCNCC2)c1)c1sccc1Br. The molecule has 0 aromatic carbocycles. The number of nitrogens with one attached hydrogen (secondary N) is 2. The van der Waals surface area contributed by atoms with E-state index in [0.29, 0.717) is 16.2 Å². The molecular weight excluding hydrogens is 376 g/mol. The maximum Gasteiger partial charge on any atom is 0.272 e. The monoisotopic (exact) mass is 390 g/mol. The molecule has 1 aliphatic rings. The topological polar surface area (TPSA) is 76.0 Å². The number of halogens is 1. The molecule has 0 bridgehead atoms. The Morgan fingerprint density at radius 3 is 2.86 bits per heavy atom. The molecule has 21 heavy (non-hydrogen) atoms. The first-order valence-corrected chi connectivity index (χ1v) is 9.72. The molecule has 0 spiro atoms. The zero-order valence-corrected chi connectivity index (χ0v) is 14.3. The largest absolute Gasteiger partial charge is 0.317 e. The van der Waals surface area contributed by atoms with Crippen LogP contribution in [0.15, 0.2) is 32.5 Å². The molecule has 0 atom stereocenters. The molecule has 9 heteroatoms. The average Bonchev–Trinajstić information content (AvgIpc) is 3.08. The van der Waals surface area contributed by atoms with E-state index in [-0.39, 0.29) is 4.21 Å². The fraction of sp³-hybridized carbons (Fsp3) is 0.417. The van der Waals surface area contributed by atoms with Crippen LogP contribution in [0.1, 0.15) is 18.9 Å². The first-order valence-electron chi connectivity index (χ1n) is 6.57. The Kier molecular flexibility index (Phi) is 4.34. The minimum absolute atomic E-state index is 0.275. The molecule has 6 nitrogen and oxygen atoms in total. The van der Waals surface area contributed by atoms with Gasteiger partial charge in [-0.25, -0.2) is 8.42 Å². The summed E-state index contributed by atoms with van der Waals surface area (Å²) in [6.45, 7) is 1.93. The second-order valence-electron chi connectivity index (χ2n) is 4.85. The fourth-order valence-electron chi connectivity index (χ4n) is 2.33. The Labute approximate surface area is 135 Å². The Balaban J connectivity index is 1.76. The third-order valence-electron chi connectivity index (χ3n) is 3.37. The zero-order chi connectivity index (χ0) is 14.9. The molecule has 2 N–H and O–H groups in total. The second kappa shape index (κ2) is 6.07. The van der Waals surface area contributed by atoms with E-state index in [0.717, 1.165) is 25.9 Å². The average molecular weight is 391 g/mol. The molecule has 2 aromatic heterocycles. The van der Waals surface area contributed by atoms with E-state index in [9.17, 15) is 8.42 Å². The van der Waals surface area contributed by atoms with Crippen molar-refractivity contribution in [3.8, 4) is 0 Å². The minimum atomic E-state index is -3.56. The van der Waals surface area contributed by atoms with E-state index < -0.39 is 10.0 Å². The van der Waals surface area contributed by atoms with E-state index in [1.165, 1.54) is 11.3 Å². The summed E-state index contributed by atoms with van der Waals surface area (Å²) in [5, 5.41) is 9.31. The molecule has 1 saturated heterocycles. The Morgan fingerprint density at radius 2 is 2.19 bits per heavy atom. The van der Waals surface area contributed by atoms with Crippen LogP contribution in [0.5, 0.6) is 0 Å². The highest BCUT2D eigenvalue weighted by Gasteiger charge is 2.21. The van der Waals surface area contributed by atoms with Gasteiger partial charge in [-0.2, -0.15) is 5.10 Å². The van der Waals surface area contributed by atoms with Gasteiger partial charge in [-0.15, -0.1) is 11.3 Å². The molecule has 0 saturated carbocycles. The summed E-state index contributed by atoms with van der Waals surface area (Å²) in [5.41, 5.74) is 0.494. The highest BCUT2D eigenvalue weighted by molar-refractivity contribution is 9.10. The summed E-state index contributed by atoms with van der Waals surface area (Å²) in [6.07, 6.45) is 5.32. The van der Waals surface area contributed by atoms with Crippen LogP contribution < -0.4 is 10.0 Å². The fourth-order valence-corrected chi connectivity index (χ4v) is 5.70. The number of thiophene rings is 1. The normalized spacial score (nSPS) is 17.0. The molecule has 0 radical (unpaired) electrons. The molecule has 2 aromatic rings. The molecule has 0 amide bonds. The van der Waals surface area contributed by atoms with Gasteiger partial charge in [-0.05, 0) is 53.3 Å². The number of rotatable bonds is 4. The van der Waals surface area contributed by atoms with Crippen LogP contribution in [0.3, 0.4) is 0 Å². The van der Waals surface area contributed by atoms with Crippen LogP contribution in [-0.2, 0) is 10.0 Å². The Bertz CT molecular complexity index is 719. The summed E-state index contributed by atoms with van der Waals surface area (Å²) in [5.74, 6) is 0. The van der Waals surface area contributed by atoms with Crippen molar-refractivity contribution in [2.75, 3.05) is 17.8 Å². The van der Waals surface area contributed by atoms with Crippen molar-refractivity contribution in [1.29, 1.82) is 0 Å². The van der Waals surface area contributed by atoms with Gasteiger partial charge in [-0.3, -0.25) is 9.40 Å². The van der Waals surface area contributed by atoms with E-state index >= 15 is 0 Å². The van der Waals surface area contributed by atoms with Crippen molar-refractivity contribution in [3.05, 3.63) is 28.3 Å². The molecule has 1 fully saturated rings. The number of hydrogen-bond acceptors (Lipinski definition) is 5. The molecule has 1 aliphatic heterocycles. The summed E-state index contributed by atoms with van der Waals surface area (Å²) >= 11 is 4.42. The number of sulfonamides is 1. The van der Waals surface area contributed by atoms with Crippen molar-refractivity contribution >= 4 is 43.0 Å². The predicted octanol–water partition coefficient (Wildman–Crippen LogP) is 2.43. The third-order valence-corrected chi connectivity index (χ3v) is 7.42. The van der Waals surface area contributed by atoms with Crippen LogP contribution >= 0.6 is 27.3 Å². The number of nitrogens with zero attached hydrogens (tertiary/aromatic N) is 2. The van der Waals surface area contributed by atoms with E-state index in [2.05, 4.69) is 31.1 Å². The maximum atomic E-state index is 12.3. The van der Waals surface area contributed by atoms with Gasteiger partial charge in [0.15, 0.2) is 4.21 Å². The van der Waals surface area contributed by atoms with Crippen LogP contribution in [0.4, 0.5) is 5.69 Å². The van der Waals surface area contributed by atoms with Gasteiger partial charge >= 0.3 is 0 Å². The maximum absolute atomic E-state index is 12.3. The smallest absolute Gasteiger partial charge is 0.272 e. The van der Waals surface area contributed by atoms with Crippen molar-refractivity contribution in [2.45, 2.75) is 23.1 Å². The molecular formula is C12H15BrN4O2S2. The molecule has 0 aliphatic carbocycles. The van der Waals surface area contributed by atoms with Gasteiger partial charge in [0.05, 0.1) is 17.9 Å². The summed E-state index contributed by atoms with van der Waals surface area (Å²) in [4.78, 5) is 0. The van der Waals surface area contributed by atoms with Gasteiger partial charge < -0.3 is 5.32 Å². The predicted molar refractivity (Wildman–Crippen MR) is 86.2 cm³/mol. The third kappa shape index (κ3) is 3.31. The lowest BCUT2D eigenvalue weighted by molar-refractivity contribution is 0.343. The van der Waals surface area contributed by atoms with Gasteiger partial charge in [-0.1, -0.05) is 0 Å². The first-order chi connectivity index (χ1) is 10.1. The van der Waals surface area contributed by atoms with Crippen molar-refractivity contribution in [2.24, 2.45) is 0 Å². The molecule has 0 unspecified atom stereocenters. The van der Waals surface area contributed by atoms with Gasteiger partial charge in [0.25, 0.3) is 10.0 Å². The highest BCUT2D eigenvalue weighted by atomic mass is 79.9. The van der Waals surface area contributed by atoms with E-state index in [1.807, 2.05) is 4.68 Å². The lowest BCUT2D eigenvalue weighted by atomic mass is 10.1. The Hall–Kier alpha value is -0.900. The standard InChI is InChI=1S/C12H15BrN4O2S2/c13-11-3-6-20-12(11)21(18,19)16-9-7-15-17(8-9)10-1-4-14-5-2-10/h3,6-8,10,14,16H,1-2,4-5H2. The number of hydrogen-bond donors (Lipinski definition) is 2. The number of anilines is 1. The lowest BCUT2D eigenvalue weighted by Crippen LogP contribution is -2.29. The van der Waals surface area contributed by atoms with E-state index in [4.69, 9.17) is 0 Å². The van der Waals surface area contributed by atoms with Gasteiger partial charge in [0.2, 0.25) is 0 Å². The van der Waals surface area contributed by atoms with Crippen LogP contribution in [-0.4, -0.2) is 31.3 Å². The quantitative estimate of drug-likeness (QED) is 0.840. The highest BCUT2D eigenvalue weighted by Crippen LogP contribution is 2.29. The lowest BCUT2D eigenvalue weighted by Gasteiger charge is -2.22. The van der Waals surface area contributed by atoms with Gasteiger partial charge in [0.1, 0.15) is 0 Å². The summed E-state index contributed by atoms with van der Waals surface area (Å²) < 4.78 is 29.9. The Morgan fingerprint density at radius 1 is 1.43 bits per heavy atom. The first kappa shape index (κ1) is 15.0.